The summed E-state index contributed by atoms with van der Waals surface area (Å²) in [5.74, 6) is -0.974. The van der Waals surface area contributed by atoms with Gasteiger partial charge in [-0.05, 0) is 29.3 Å². The third-order valence-electron chi connectivity index (χ3n) is 4.69. The molecular weight excluding hydrogens is 450 g/mol. The summed E-state index contributed by atoms with van der Waals surface area (Å²) in [5.41, 5.74) is 1.46. The smallest absolute Gasteiger partial charge is 0.331 e. The molecule has 8 nitrogen and oxygen atoms in total. The summed E-state index contributed by atoms with van der Waals surface area (Å²) in [6, 6.07) is 11.6. The van der Waals surface area contributed by atoms with Gasteiger partial charge < -0.3 is 24.3 Å². The maximum absolute atomic E-state index is 12.2. The number of benzene rings is 2. The minimum atomic E-state index is -0.900. The maximum Gasteiger partial charge on any atom is 0.331 e. The van der Waals surface area contributed by atoms with Gasteiger partial charge in [-0.15, -0.1) is 0 Å². The number of ether oxygens (including phenoxy) is 4. The van der Waals surface area contributed by atoms with E-state index in [1.807, 2.05) is 30.3 Å². The van der Waals surface area contributed by atoms with E-state index in [1.54, 1.807) is 12.1 Å². The van der Waals surface area contributed by atoms with Crippen molar-refractivity contribution in [1.82, 2.24) is 5.32 Å². The van der Waals surface area contributed by atoms with Crippen LogP contribution in [0, 0.1) is 0 Å². The number of carbonyl (C=O) groups excluding carboxylic acids is 3. The predicted octanol–water partition coefficient (Wildman–Crippen LogP) is 2.96. The van der Waals surface area contributed by atoms with Crippen LogP contribution in [0.1, 0.15) is 17.5 Å². The molecule has 1 N–H and O–H groups in total. The zero-order valence-corrected chi connectivity index (χ0v) is 18.8. The van der Waals surface area contributed by atoms with Crippen molar-refractivity contribution in [2.45, 2.75) is 18.9 Å². The fraction of sp³-hybridized carbons (Fsp3) is 0.292. The highest BCUT2D eigenvalue weighted by Crippen LogP contribution is 2.38. The Hall–Kier alpha value is -3.52. The van der Waals surface area contributed by atoms with Gasteiger partial charge >= 0.3 is 11.9 Å². The van der Waals surface area contributed by atoms with Crippen molar-refractivity contribution >= 4 is 35.5 Å². The Morgan fingerprint density at radius 2 is 1.91 bits per heavy atom. The Morgan fingerprint density at radius 3 is 2.67 bits per heavy atom. The molecule has 0 bridgehead atoms. The number of carbonyl (C=O) groups is 3. The quantitative estimate of drug-likeness (QED) is 0.464. The highest BCUT2D eigenvalue weighted by molar-refractivity contribution is 6.32. The topological polar surface area (TPSA) is 100 Å². The second-order valence-corrected chi connectivity index (χ2v) is 7.56. The highest BCUT2D eigenvalue weighted by atomic mass is 35.5. The summed E-state index contributed by atoms with van der Waals surface area (Å²) in [5, 5.41) is 2.90. The van der Waals surface area contributed by atoms with Crippen molar-refractivity contribution in [2.24, 2.45) is 0 Å². The Labute approximate surface area is 196 Å². The molecule has 1 aliphatic heterocycles. The van der Waals surface area contributed by atoms with Gasteiger partial charge in [-0.1, -0.05) is 41.9 Å². The predicted molar refractivity (Wildman–Crippen MR) is 121 cm³/mol. The number of amides is 1. The Bertz CT molecular complexity index is 1020. The number of hydrogen-bond donors (Lipinski definition) is 1. The van der Waals surface area contributed by atoms with Crippen molar-refractivity contribution in [3.8, 4) is 11.5 Å². The van der Waals surface area contributed by atoms with Gasteiger partial charge in [0.2, 0.25) is 0 Å². The van der Waals surface area contributed by atoms with Crippen LogP contribution < -0.4 is 14.8 Å². The van der Waals surface area contributed by atoms with E-state index in [0.29, 0.717) is 35.3 Å². The lowest BCUT2D eigenvalue weighted by atomic mass is 10.1. The molecule has 174 valence electrons. The summed E-state index contributed by atoms with van der Waals surface area (Å²) >= 11 is 6.24. The molecule has 3 rings (SSSR count). The van der Waals surface area contributed by atoms with E-state index >= 15 is 0 Å². The molecule has 0 aliphatic carbocycles. The van der Waals surface area contributed by atoms with E-state index in [0.717, 1.165) is 12.0 Å². The zero-order chi connectivity index (χ0) is 23.6. The first-order valence-corrected chi connectivity index (χ1v) is 10.7. The number of methoxy groups -OCH3 is 1. The van der Waals surface area contributed by atoms with Gasteiger partial charge in [0.05, 0.1) is 25.3 Å². The molecule has 0 saturated carbocycles. The van der Waals surface area contributed by atoms with Crippen LogP contribution in [0.4, 0.5) is 0 Å². The normalized spacial score (nSPS) is 13.6. The lowest BCUT2D eigenvalue weighted by molar-refractivity contribution is -0.147. The third-order valence-corrected chi connectivity index (χ3v) is 4.97. The van der Waals surface area contributed by atoms with Gasteiger partial charge in [-0.25, -0.2) is 9.59 Å². The SMILES string of the molecule is COC(=O)C(Cc1ccccc1)NC(=O)COC(=O)/C=C/c1cc(Cl)c2c(c1)OCCCO2. The van der Waals surface area contributed by atoms with Gasteiger partial charge in [0.1, 0.15) is 6.04 Å². The van der Waals surface area contributed by atoms with E-state index in [9.17, 15) is 14.4 Å². The Morgan fingerprint density at radius 1 is 1.15 bits per heavy atom. The Balaban J connectivity index is 1.53. The standard InChI is InChI=1S/C24H24ClNO7/c1-30-24(29)19(13-16-6-3-2-4-7-16)26-21(27)15-33-22(28)9-8-17-12-18(25)23-20(14-17)31-10-5-11-32-23/h2-4,6-9,12,14,19H,5,10-11,13,15H2,1H3,(H,26,27)/b9-8+. The number of rotatable bonds is 8. The zero-order valence-electron chi connectivity index (χ0n) is 18.0. The summed E-state index contributed by atoms with van der Waals surface area (Å²) in [6.07, 6.45) is 3.66. The first-order valence-electron chi connectivity index (χ1n) is 10.3. The second-order valence-electron chi connectivity index (χ2n) is 7.15. The molecular formula is C24H24ClNO7. The highest BCUT2D eigenvalue weighted by Gasteiger charge is 2.22. The average Bonchev–Trinajstić information content (AvgIpc) is 3.07. The van der Waals surface area contributed by atoms with E-state index in [-0.39, 0.29) is 6.42 Å². The number of halogens is 1. The molecule has 2 aromatic rings. The third kappa shape index (κ3) is 7.25. The molecule has 2 aromatic carbocycles. The molecule has 1 amide bonds. The lowest BCUT2D eigenvalue weighted by Crippen LogP contribution is -2.44. The molecule has 0 radical (unpaired) electrons. The molecule has 0 spiro atoms. The fourth-order valence-corrected chi connectivity index (χ4v) is 3.39. The van der Waals surface area contributed by atoms with Gasteiger partial charge in [0, 0.05) is 18.9 Å². The van der Waals surface area contributed by atoms with E-state index < -0.39 is 30.5 Å². The van der Waals surface area contributed by atoms with Gasteiger partial charge in [0.15, 0.2) is 18.1 Å². The summed E-state index contributed by atoms with van der Waals surface area (Å²) in [4.78, 5) is 36.3. The van der Waals surface area contributed by atoms with E-state index in [2.05, 4.69) is 5.32 Å². The van der Waals surface area contributed by atoms with E-state index in [1.165, 1.54) is 19.3 Å². The number of fused-ring (bicyclic) bond motifs is 1. The molecule has 0 aromatic heterocycles. The molecule has 0 fully saturated rings. The average molecular weight is 474 g/mol. The van der Waals surface area contributed by atoms with Crippen molar-refractivity contribution in [3.63, 3.8) is 0 Å². The van der Waals surface area contributed by atoms with E-state index in [4.69, 9.17) is 30.5 Å². The molecule has 1 atom stereocenters. The van der Waals surface area contributed by atoms with Crippen LogP contribution >= 0.6 is 11.6 Å². The van der Waals surface area contributed by atoms with Crippen molar-refractivity contribution in [2.75, 3.05) is 26.9 Å². The molecule has 9 heteroatoms. The van der Waals surface area contributed by atoms with Crippen LogP contribution in [-0.2, 0) is 30.3 Å². The van der Waals surface area contributed by atoms with Gasteiger partial charge in [-0.2, -0.15) is 0 Å². The van der Waals surface area contributed by atoms with Crippen LogP contribution in [0.2, 0.25) is 5.02 Å². The Kier molecular flexibility index (Phi) is 8.71. The summed E-state index contributed by atoms with van der Waals surface area (Å²) in [6.45, 7) is 0.469. The van der Waals surface area contributed by atoms with Crippen molar-refractivity contribution < 1.29 is 33.3 Å². The van der Waals surface area contributed by atoms with Crippen LogP contribution in [0.5, 0.6) is 11.5 Å². The number of nitrogens with one attached hydrogen (secondary N) is 1. The number of hydrogen-bond acceptors (Lipinski definition) is 7. The number of esters is 2. The lowest BCUT2D eigenvalue weighted by Gasteiger charge is -2.16. The summed E-state index contributed by atoms with van der Waals surface area (Å²) < 4.78 is 20.9. The fourth-order valence-electron chi connectivity index (χ4n) is 3.12. The summed E-state index contributed by atoms with van der Waals surface area (Å²) in [7, 11) is 1.24. The minimum Gasteiger partial charge on any atom is -0.489 e. The first kappa shape index (κ1) is 24.1. The first-order chi connectivity index (χ1) is 16.0. The molecule has 1 heterocycles. The van der Waals surface area contributed by atoms with Crippen LogP contribution in [0.25, 0.3) is 6.08 Å². The van der Waals surface area contributed by atoms with Crippen LogP contribution in [0.15, 0.2) is 48.5 Å². The van der Waals surface area contributed by atoms with Crippen LogP contribution in [-0.4, -0.2) is 50.8 Å². The second kappa shape index (κ2) is 11.9. The van der Waals surface area contributed by atoms with Crippen molar-refractivity contribution in [1.29, 1.82) is 0 Å². The van der Waals surface area contributed by atoms with Crippen LogP contribution in [0.3, 0.4) is 0 Å². The monoisotopic (exact) mass is 473 g/mol. The minimum absolute atomic E-state index is 0.248. The molecule has 1 aliphatic rings. The molecule has 1 unspecified atom stereocenters. The van der Waals surface area contributed by atoms with Gasteiger partial charge in [-0.3, -0.25) is 4.79 Å². The van der Waals surface area contributed by atoms with Crippen molar-refractivity contribution in [3.05, 3.63) is 64.7 Å². The van der Waals surface area contributed by atoms with Gasteiger partial charge in [0.25, 0.3) is 5.91 Å². The maximum atomic E-state index is 12.2. The molecule has 33 heavy (non-hydrogen) atoms. The molecule has 0 saturated heterocycles. The largest absolute Gasteiger partial charge is 0.489 e.